The third-order valence-electron chi connectivity index (χ3n) is 9.14. The molecule has 50 heavy (non-hydrogen) atoms. The molecule has 6 rings (SSSR count). The minimum Gasteiger partial charge on any atom is -0.365 e. The minimum absolute atomic E-state index is 0.166. The number of hydrogen-bond acceptors (Lipinski definition) is 4. The maximum absolute atomic E-state index is 13.7. The first-order valence-corrected chi connectivity index (χ1v) is 17.3. The van der Waals surface area contributed by atoms with Crippen LogP contribution in [0.2, 0.25) is 0 Å². The largest absolute Gasteiger partial charge is 0.416 e. The monoisotopic (exact) mass is 712 g/mol. The van der Waals surface area contributed by atoms with E-state index in [0.29, 0.717) is 59.3 Å². The van der Waals surface area contributed by atoms with Crippen molar-refractivity contribution in [2.45, 2.75) is 54.9 Å². The van der Waals surface area contributed by atoms with Gasteiger partial charge in [0.15, 0.2) is 0 Å². The first kappa shape index (κ1) is 35.5. The molecular formula is C38H34F6N2O3S. The minimum atomic E-state index is -4.54. The first-order valence-electron chi connectivity index (χ1n) is 16.2. The van der Waals surface area contributed by atoms with Crippen LogP contribution in [-0.4, -0.2) is 48.4 Å². The number of carbonyl (C=O) groups is 2. The van der Waals surface area contributed by atoms with Crippen LogP contribution in [-0.2, 0) is 21.1 Å². The molecule has 0 radical (unpaired) electrons. The van der Waals surface area contributed by atoms with Crippen LogP contribution in [0.3, 0.4) is 0 Å². The summed E-state index contributed by atoms with van der Waals surface area (Å²) in [5.41, 5.74) is 2.21. The van der Waals surface area contributed by atoms with Crippen LogP contribution in [0.1, 0.15) is 52.7 Å². The van der Waals surface area contributed by atoms with E-state index in [1.807, 2.05) is 36.4 Å². The van der Waals surface area contributed by atoms with Gasteiger partial charge in [-0.3, -0.25) is 9.59 Å². The Morgan fingerprint density at radius 3 is 1.96 bits per heavy atom. The van der Waals surface area contributed by atoms with Gasteiger partial charge in [0.05, 0.1) is 18.2 Å². The van der Waals surface area contributed by atoms with E-state index in [9.17, 15) is 35.9 Å². The molecule has 4 aromatic rings. The average Bonchev–Trinajstić information content (AvgIpc) is 3.39. The van der Waals surface area contributed by atoms with Crippen molar-refractivity contribution in [2.24, 2.45) is 0 Å². The fraction of sp³-hybridized carbons (Fsp3) is 0.316. The Kier molecular flexibility index (Phi) is 10.3. The van der Waals surface area contributed by atoms with Crippen LogP contribution in [0.25, 0.3) is 22.3 Å². The number of thioether (sulfide) groups is 1. The lowest BCUT2D eigenvalue weighted by Gasteiger charge is -2.32. The van der Waals surface area contributed by atoms with Crippen molar-refractivity contribution in [3.63, 3.8) is 0 Å². The summed E-state index contributed by atoms with van der Waals surface area (Å²) in [5, 5.41) is 5.14. The lowest BCUT2D eigenvalue weighted by Crippen LogP contribution is -2.47. The van der Waals surface area contributed by atoms with Gasteiger partial charge in [-0.25, -0.2) is 0 Å². The van der Waals surface area contributed by atoms with Crippen LogP contribution in [0, 0.1) is 0 Å². The van der Waals surface area contributed by atoms with Crippen LogP contribution < -0.4 is 10.6 Å². The normalized spacial score (nSPS) is 18.2. The lowest BCUT2D eigenvalue weighted by atomic mass is 9.73. The van der Waals surface area contributed by atoms with Gasteiger partial charge in [-0.2, -0.15) is 26.3 Å². The molecule has 2 N–H and O–H groups in total. The Bertz CT molecular complexity index is 1790. The van der Waals surface area contributed by atoms with E-state index < -0.39 is 35.8 Å². The van der Waals surface area contributed by atoms with Crippen molar-refractivity contribution < 1.29 is 40.7 Å². The van der Waals surface area contributed by atoms with Crippen molar-refractivity contribution in [1.29, 1.82) is 0 Å². The zero-order valence-electron chi connectivity index (χ0n) is 26.7. The van der Waals surface area contributed by atoms with Crippen molar-refractivity contribution >= 4 is 23.6 Å². The molecule has 2 amide bonds. The summed E-state index contributed by atoms with van der Waals surface area (Å²) in [6, 6.07) is 25.8. The fourth-order valence-corrected chi connectivity index (χ4v) is 7.95. The Balaban J connectivity index is 1.05. The van der Waals surface area contributed by atoms with Crippen molar-refractivity contribution in [2.75, 3.05) is 18.9 Å². The number of halogens is 6. The molecule has 2 atom stereocenters. The number of alkyl halides is 6. The van der Waals surface area contributed by atoms with Gasteiger partial charge in [0.2, 0.25) is 5.91 Å². The summed E-state index contributed by atoms with van der Waals surface area (Å²) in [6.45, 7) is -1.15. The van der Waals surface area contributed by atoms with Crippen LogP contribution >= 0.6 is 11.8 Å². The maximum atomic E-state index is 13.7. The van der Waals surface area contributed by atoms with E-state index >= 15 is 0 Å². The number of unbranched alkanes of at least 4 members (excludes halogenated alkanes) is 1. The summed E-state index contributed by atoms with van der Waals surface area (Å²) >= 11 is 1.54. The summed E-state index contributed by atoms with van der Waals surface area (Å²) < 4.78 is 84.7. The molecule has 262 valence electrons. The zero-order chi connectivity index (χ0) is 35.5. The van der Waals surface area contributed by atoms with Crippen molar-refractivity contribution in [3.8, 4) is 22.3 Å². The number of fused-ring (bicyclic) bond motifs is 3. The highest BCUT2D eigenvalue weighted by molar-refractivity contribution is 7.99. The van der Waals surface area contributed by atoms with E-state index in [1.165, 1.54) is 12.1 Å². The zero-order valence-corrected chi connectivity index (χ0v) is 27.6. The topological polar surface area (TPSA) is 67.4 Å². The maximum Gasteiger partial charge on any atom is 0.416 e. The van der Waals surface area contributed by atoms with E-state index in [-0.39, 0.29) is 24.0 Å². The van der Waals surface area contributed by atoms with Gasteiger partial charge in [-0.1, -0.05) is 85.3 Å². The highest BCUT2D eigenvalue weighted by Gasteiger charge is 2.49. The summed E-state index contributed by atoms with van der Waals surface area (Å²) in [6.07, 6.45) is -6.82. The average molecular weight is 713 g/mol. The first-order chi connectivity index (χ1) is 23.9. The molecule has 1 aliphatic carbocycles. The van der Waals surface area contributed by atoms with Gasteiger partial charge in [0.25, 0.3) is 5.91 Å². The standard InChI is InChI=1S/C38H34F6N2O3S/c39-37(40,41)23-45-35(48)36(31-13-5-3-10-28(31)29-11-4-6-14-32(29)36)20-8-7-15-33-49-21-26(22-50-33)46-34(47)30-12-2-1-9-27(30)24-16-18-25(19-17-24)38(42,43)44/h1-6,9-14,16-19,26,33H,7-8,15,20-23H2,(H,45,48)(H,46,47)/t26-,33?/m1/s1. The number of nitrogens with one attached hydrogen (secondary N) is 2. The van der Waals surface area contributed by atoms with Gasteiger partial charge < -0.3 is 15.4 Å². The predicted molar refractivity (Wildman–Crippen MR) is 181 cm³/mol. The predicted octanol–water partition coefficient (Wildman–Crippen LogP) is 8.77. The number of benzene rings is 4. The number of rotatable bonds is 10. The SMILES string of the molecule is O=C(N[C@@H]1COC(CCCCC2(C(=O)NCC(F)(F)F)c3ccccc3-c3ccccc32)SC1)c1ccccc1-c1ccc(C(F)(F)F)cc1. The Labute approximate surface area is 289 Å². The Morgan fingerprint density at radius 1 is 0.780 bits per heavy atom. The van der Waals surface area contributed by atoms with Gasteiger partial charge in [-0.05, 0) is 70.8 Å². The van der Waals surface area contributed by atoms with Gasteiger partial charge in [-0.15, -0.1) is 11.8 Å². The molecule has 1 fully saturated rings. The molecule has 0 spiro atoms. The lowest BCUT2D eigenvalue weighted by molar-refractivity contribution is -0.141. The summed E-state index contributed by atoms with van der Waals surface area (Å²) in [4.78, 5) is 27.0. The van der Waals surface area contributed by atoms with E-state index in [1.54, 1.807) is 48.2 Å². The number of carbonyl (C=O) groups excluding carboxylic acids is 2. The van der Waals surface area contributed by atoms with Gasteiger partial charge >= 0.3 is 12.4 Å². The van der Waals surface area contributed by atoms with Crippen molar-refractivity contribution in [3.05, 3.63) is 119 Å². The third-order valence-corrected chi connectivity index (χ3v) is 10.5. The van der Waals surface area contributed by atoms with E-state index in [2.05, 4.69) is 10.6 Å². The van der Waals surface area contributed by atoms with Crippen LogP contribution in [0.5, 0.6) is 0 Å². The van der Waals surface area contributed by atoms with Gasteiger partial charge in [0.1, 0.15) is 17.4 Å². The summed E-state index contributed by atoms with van der Waals surface area (Å²) in [5.74, 6) is -0.461. The molecule has 2 aliphatic rings. The number of hydrogen-bond donors (Lipinski definition) is 2. The van der Waals surface area contributed by atoms with Crippen LogP contribution in [0.4, 0.5) is 26.3 Å². The molecule has 1 aliphatic heterocycles. The number of ether oxygens (including phenoxy) is 1. The fourth-order valence-electron chi connectivity index (χ4n) is 6.81. The third kappa shape index (κ3) is 7.56. The second kappa shape index (κ2) is 14.5. The second-order valence-electron chi connectivity index (χ2n) is 12.4. The molecule has 0 saturated carbocycles. The molecule has 1 heterocycles. The molecule has 5 nitrogen and oxygen atoms in total. The van der Waals surface area contributed by atoms with Crippen molar-refractivity contribution in [1.82, 2.24) is 10.6 Å². The van der Waals surface area contributed by atoms with E-state index in [0.717, 1.165) is 23.3 Å². The quantitative estimate of drug-likeness (QED) is 0.128. The molecular weight excluding hydrogens is 678 g/mol. The number of amides is 2. The molecule has 0 aromatic heterocycles. The molecule has 4 aromatic carbocycles. The van der Waals surface area contributed by atoms with Gasteiger partial charge in [0, 0.05) is 11.3 Å². The smallest absolute Gasteiger partial charge is 0.365 e. The summed E-state index contributed by atoms with van der Waals surface area (Å²) in [7, 11) is 0. The molecule has 12 heteroatoms. The second-order valence-corrected chi connectivity index (χ2v) is 13.6. The van der Waals surface area contributed by atoms with Crippen LogP contribution in [0.15, 0.2) is 97.1 Å². The van der Waals surface area contributed by atoms with E-state index in [4.69, 9.17) is 4.74 Å². The molecule has 0 bridgehead atoms. The Hall–Kier alpha value is -4.29. The highest BCUT2D eigenvalue weighted by Crippen LogP contribution is 2.51. The molecule has 1 saturated heterocycles. The highest BCUT2D eigenvalue weighted by atomic mass is 32.2. The Morgan fingerprint density at radius 2 is 1.38 bits per heavy atom. The molecule has 1 unspecified atom stereocenters.